The maximum absolute atomic E-state index is 14.0. The Labute approximate surface area is 247 Å². The van der Waals surface area contributed by atoms with E-state index in [0.29, 0.717) is 5.92 Å². The average molecular weight is 581 g/mol. The molecule has 4 rings (SSSR count). The lowest BCUT2D eigenvalue weighted by Gasteiger charge is -2.31. The predicted octanol–water partition coefficient (Wildman–Crippen LogP) is 1.04. The second-order valence-electron chi connectivity index (χ2n) is 11.9. The molecule has 228 valence electrons. The van der Waals surface area contributed by atoms with E-state index in [1.165, 1.54) is 17.7 Å². The van der Waals surface area contributed by atoms with Crippen LogP contribution in [0.25, 0.3) is 0 Å². The molecular formula is C30H44N8O4. The molecule has 42 heavy (non-hydrogen) atoms. The van der Waals surface area contributed by atoms with Crippen molar-refractivity contribution in [3.05, 3.63) is 47.8 Å². The largest absolute Gasteiger partial charge is 0.368 e. The number of nitrogens with zero attached hydrogens (tertiary/aromatic N) is 4. The minimum Gasteiger partial charge on any atom is -0.368 e. The van der Waals surface area contributed by atoms with Crippen LogP contribution in [0.4, 0.5) is 0 Å². The predicted molar refractivity (Wildman–Crippen MR) is 157 cm³/mol. The summed E-state index contributed by atoms with van der Waals surface area (Å²) in [5.74, 6) is -1.66. The highest BCUT2D eigenvalue weighted by Gasteiger charge is 2.44. The molecule has 1 aromatic carbocycles. The first-order valence-corrected chi connectivity index (χ1v) is 14.9. The fourth-order valence-corrected chi connectivity index (χ4v) is 5.82. The van der Waals surface area contributed by atoms with Gasteiger partial charge in [0.2, 0.25) is 23.6 Å². The van der Waals surface area contributed by atoms with Crippen molar-refractivity contribution in [3.63, 3.8) is 0 Å². The maximum Gasteiger partial charge on any atom is 0.246 e. The van der Waals surface area contributed by atoms with Crippen LogP contribution in [0.5, 0.6) is 0 Å². The molecule has 1 aliphatic carbocycles. The van der Waals surface area contributed by atoms with E-state index in [2.05, 4.69) is 26.3 Å². The number of nitrogens with one attached hydrogen (secondary N) is 3. The van der Waals surface area contributed by atoms with Crippen LogP contribution in [0.2, 0.25) is 0 Å². The highest BCUT2D eigenvalue weighted by Crippen LogP contribution is 2.34. The smallest absolute Gasteiger partial charge is 0.246 e. The normalized spacial score (nSPS) is 21.2. The molecule has 0 radical (unpaired) electrons. The van der Waals surface area contributed by atoms with Crippen molar-refractivity contribution in [2.45, 2.75) is 95.4 Å². The van der Waals surface area contributed by atoms with Crippen LogP contribution in [0.1, 0.15) is 76.1 Å². The number of nitrogens with two attached hydrogens (primary N) is 1. The van der Waals surface area contributed by atoms with E-state index < -0.39 is 36.0 Å². The Balaban J connectivity index is 1.58. The van der Waals surface area contributed by atoms with Crippen LogP contribution in [-0.2, 0) is 25.6 Å². The molecule has 2 aliphatic rings. The van der Waals surface area contributed by atoms with Gasteiger partial charge in [-0.25, -0.2) is 4.68 Å². The van der Waals surface area contributed by atoms with Gasteiger partial charge >= 0.3 is 0 Å². The molecule has 1 aliphatic heterocycles. The van der Waals surface area contributed by atoms with Gasteiger partial charge in [0.25, 0.3) is 0 Å². The third-order valence-corrected chi connectivity index (χ3v) is 8.54. The lowest BCUT2D eigenvalue weighted by atomic mass is 10.0. The highest BCUT2D eigenvalue weighted by molar-refractivity contribution is 5.95. The van der Waals surface area contributed by atoms with Gasteiger partial charge in [0.05, 0.1) is 17.8 Å². The van der Waals surface area contributed by atoms with E-state index >= 15 is 0 Å². The standard InChI is InChI=1S/C30H44N8O4/c1-18(2)26(34-28(40)19(3)32-4)30(42)37-16-22(38-17-24(35-36-38)21-12-8-9-13-21)15-25(37)29(41)33-23(27(31)39)14-20-10-6-5-7-11-20/h5-7,10-11,17-19,21-23,25-26,32H,8-9,12-16H2,1-4H3,(H2,31,39)(H,33,41)(H,34,40)/t19-,22+,23-,25-,26-/m0/s1. The van der Waals surface area contributed by atoms with E-state index in [0.717, 1.165) is 24.1 Å². The summed E-state index contributed by atoms with van der Waals surface area (Å²) in [5.41, 5.74) is 7.46. The Kier molecular flexibility index (Phi) is 10.3. The van der Waals surface area contributed by atoms with E-state index in [1.54, 1.807) is 18.7 Å². The summed E-state index contributed by atoms with van der Waals surface area (Å²) in [5, 5.41) is 17.3. The first kappa shape index (κ1) is 31.1. The van der Waals surface area contributed by atoms with E-state index in [9.17, 15) is 19.2 Å². The monoisotopic (exact) mass is 580 g/mol. The minimum atomic E-state index is -0.951. The number of benzene rings is 1. The van der Waals surface area contributed by atoms with Crippen LogP contribution >= 0.6 is 0 Å². The molecule has 0 spiro atoms. The molecule has 2 fully saturated rings. The summed E-state index contributed by atoms with van der Waals surface area (Å²) < 4.78 is 1.75. The Hall–Kier alpha value is -3.80. The van der Waals surface area contributed by atoms with Crippen LogP contribution < -0.4 is 21.7 Å². The van der Waals surface area contributed by atoms with Crippen molar-refractivity contribution in [1.82, 2.24) is 35.8 Å². The fraction of sp³-hybridized carbons (Fsp3) is 0.600. The number of amides is 4. The first-order valence-electron chi connectivity index (χ1n) is 14.9. The van der Waals surface area contributed by atoms with Crippen LogP contribution in [-0.4, -0.2) is 81.3 Å². The summed E-state index contributed by atoms with van der Waals surface area (Å²) in [4.78, 5) is 54.4. The summed E-state index contributed by atoms with van der Waals surface area (Å²) in [6, 6.07) is 5.81. The number of carbonyl (C=O) groups is 4. The van der Waals surface area contributed by atoms with Crippen molar-refractivity contribution < 1.29 is 19.2 Å². The van der Waals surface area contributed by atoms with Gasteiger partial charge in [0.1, 0.15) is 18.1 Å². The van der Waals surface area contributed by atoms with Gasteiger partial charge in [-0.3, -0.25) is 19.2 Å². The number of primary amides is 1. The summed E-state index contributed by atoms with van der Waals surface area (Å²) in [6.07, 6.45) is 6.95. The van der Waals surface area contributed by atoms with Crippen molar-refractivity contribution in [1.29, 1.82) is 0 Å². The van der Waals surface area contributed by atoms with Crippen molar-refractivity contribution in [2.24, 2.45) is 11.7 Å². The zero-order valence-electron chi connectivity index (χ0n) is 25.0. The number of carbonyl (C=O) groups excluding carboxylic acids is 4. The average Bonchev–Trinajstić information content (AvgIpc) is 3.75. The molecule has 12 nitrogen and oxygen atoms in total. The van der Waals surface area contributed by atoms with E-state index in [4.69, 9.17) is 5.73 Å². The van der Waals surface area contributed by atoms with Crippen molar-refractivity contribution in [3.8, 4) is 0 Å². The van der Waals surface area contributed by atoms with Gasteiger partial charge in [-0.1, -0.05) is 62.2 Å². The second-order valence-corrected chi connectivity index (χ2v) is 11.9. The summed E-state index contributed by atoms with van der Waals surface area (Å²) >= 11 is 0. The molecule has 5 N–H and O–H groups in total. The molecule has 5 atom stereocenters. The Morgan fingerprint density at radius 3 is 2.36 bits per heavy atom. The molecule has 4 amide bonds. The Bertz CT molecular complexity index is 1240. The van der Waals surface area contributed by atoms with Gasteiger partial charge in [-0.05, 0) is 38.3 Å². The molecule has 2 heterocycles. The molecule has 0 unspecified atom stereocenters. The zero-order valence-corrected chi connectivity index (χ0v) is 25.0. The fourth-order valence-electron chi connectivity index (χ4n) is 5.82. The van der Waals surface area contributed by atoms with Gasteiger partial charge in [0.15, 0.2) is 0 Å². The zero-order chi connectivity index (χ0) is 30.4. The number of rotatable bonds is 12. The second kappa shape index (κ2) is 13.9. The molecular weight excluding hydrogens is 536 g/mol. The SMILES string of the molecule is CN[C@@H](C)C(=O)N[C@H](C(=O)N1C[C@H](n2cc(C3CCCC3)nn2)C[C@H]1C(=O)N[C@@H](Cc1ccccc1)C(N)=O)C(C)C. The van der Waals surface area contributed by atoms with Gasteiger partial charge < -0.3 is 26.6 Å². The Morgan fingerprint density at radius 1 is 1.05 bits per heavy atom. The van der Waals surface area contributed by atoms with Gasteiger partial charge in [0, 0.05) is 31.5 Å². The molecule has 2 aromatic rings. The summed E-state index contributed by atoms with van der Waals surface area (Å²) in [6.45, 7) is 5.63. The van der Waals surface area contributed by atoms with E-state index in [1.807, 2.05) is 50.4 Å². The molecule has 1 saturated carbocycles. The molecule has 1 aromatic heterocycles. The molecule has 12 heteroatoms. The number of hydrogen-bond acceptors (Lipinski definition) is 7. The highest BCUT2D eigenvalue weighted by atomic mass is 16.2. The van der Waals surface area contributed by atoms with Crippen LogP contribution in [0, 0.1) is 5.92 Å². The topological polar surface area (TPSA) is 164 Å². The third kappa shape index (κ3) is 7.33. The minimum absolute atomic E-state index is 0.213. The quantitative estimate of drug-likeness (QED) is 0.291. The third-order valence-electron chi connectivity index (χ3n) is 8.54. The van der Waals surface area contributed by atoms with Crippen LogP contribution in [0.15, 0.2) is 36.5 Å². The van der Waals surface area contributed by atoms with Crippen LogP contribution in [0.3, 0.4) is 0 Å². The number of likely N-dealkylation sites (tertiary alicyclic amines) is 1. The van der Waals surface area contributed by atoms with Gasteiger partial charge in [-0.2, -0.15) is 0 Å². The Morgan fingerprint density at radius 2 is 1.74 bits per heavy atom. The lowest BCUT2D eigenvalue weighted by Crippen LogP contribution is -2.58. The van der Waals surface area contributed by atoms with Gasteiger partial charge in [-0.15, -0.1) is 5.10 Å². The summed E-state index contributed by atoms with van der Waals surface area (Å²) in [7, 11) is 1.67. The number of aromatic nitrogens is 3. The number of likely N-dealkylation sites (N-methyl/N-ethyl adjacent to an activating group) is 1. The first-order chi connectivity index (χ1) is 20.1. The number of hydrogen-bond donors (Lipinski definition) is 4. The van der Waals surface area contributed by atoms with E-state index in [-0.39, 0.29) is 43.2 Å². The maximum atomic E-state index is 14.0. The van der Waals surface area contributed by atoms with Crippen molar-refractivity contribution in [2.75, 3.05) is 13.6 Å². The molecule has 1 saturated heterocycles. The lowest BCUT2D eigenvalue weighted by molar-refractivity contribution is -0.143. The molecule has 0 bridgehead atoms. The van der Waals surface area contributed by atoms with Crippen molar-refractivity contribution >= 4 is 23.6 Å².